The third-order valence-corrected chi connectivity index (χ3v) is 4.49. The molecule has 0 aliphatic carbocycles. The first-order valence-corrected chi connectivity index (χ1v) is 8.27. The zero-order valence-electron chi connectivity index (χ0n) is 14.4. The largest absolute Gasteiger partial charge is 0.497 e. The number of rotatable bonds is 5. The second-order valence-corrected chi connectivity index (χ2v) is 6.11. The van der Waals surface area contributed by atoms with E-state index in [4.69, 9.17) is 13.9 Å². The first-order chi connectivity index (χ1) is 11.6. The zero-order chi connectivity index (χ0) is 17.1. The normalized spacial score (nSPS) is 18.7. The maximum atomic E-state index is 12.6. The number of nitrogens with zero attached hydrogens (tertiary/aromatic N) is 1. The summed E-state index contributed by atoms with van der Waals surface area (Å²) in [6.07, 6.45) is 0. The number of hydrogen-bond donors (Lipinski definition) is 1. The Hall–Kier alpha value is -2.05. The molecule has 1 aromatic carbocycles. The number of nitrogens with one attached hydrogen (secondary N) is 1. The summed E-state index contributed by atoms with van der Waals surface area (Å²) in [5.74, 6) is 1.22. The number of ether oxygens (including phenoxy) is 2. The van der Waals surface area contributed by atoms with E-state index in [1.54, 1.807) is 7.11 Å². The Morgan fingerprint density at radius 2 is 2.29 bits per heavy atom. The molecule has 0 radical (unpaired) electrons. The molecule has 1 amide bonds. The molecule has 1 saturated heterocycles. The fourth-order valence-corrected chi connectivity index (χ4v) is 3.10. The van der Waals surface area contributed by atoms with Crippen molar-refractivity contribution in [1.29, 1.82) is 0 Å². The average Bonchev–Trinajstić information content (AvgIpc) is 2.91. The van der Waals surface area contributed by atoms with Crippen LogP contribution in [0.15, 0.2) is 22.6 Å². The van der Waals surface area contributed by atoms with Crippen molar-refractivity contribution >= 4 is 16.9 Å². The summed E-state index contributed by atoms with van der Waals surface area (Å²) < 4.78 is 16.4. The Morgan fingerprint density at radius 1 is 1.46 bits per heavy atom. The van der Waals surface area contributed by atoms with Crippen molar-refractivity contribution in [2.24, 2.45) is 0 Å². The van der Waals surface area contributed by atoms with E-state index in [0.29, 0.717) is 35.2 Å². The van der Waals surface area contributed by atoms with Gasteiger partial charge in [-0.15, -0.1) is 0 Å². The Morgan fingerprint density at radius 3 is 3.04 bits per heavy atom. The number of carbonyl (C=O) groups excluding carboxylic acids is 1. The molecule has 3 rings (SSSR count). The van der Waals surface area contributed by atoms with Crippen LogP contribution in [0.1, 0.15) is 23.0 Å². The molecule has 2 heterocycles. The van der Waals surface area contributed by atoms with E-state index in [2.05, 4.69) is 17.1 Å². The Kier molecular flexibility index (Phi) is 5.06. The molecule has 24 heavy (non-hydrogen) atoms. The van der Waals surface area contributed by atoms with Gasteiger partial charge in [-0.1, -0.05) is 0 Å². The van der Waals surface area contributed by atoms with Crippen LogP contribution in [0.5, 0.6) is 5.75 Å². The van der Waals surface area contributed by atoms with Crippen LogP contribution in [0.25, 0.3) is 11.0 Å². The summed E-state index contributed by atoms with van der Waals surface area (Å²) in [7, 11) is 1.61. The SMILES string of the molecule is COc1ccc2oc(C)c(C(=O)NCCN3CCOC[C@H]3C)c2c1. The highest BCUT2D eigenvalue weighted by atomic mass is 16.5. The number of morpholine rings is 1. The topological polar surface area (TPSA) is 63.9 Å². The number of hydrogen-bond acceptors (Lipinski definition) is 5. The second kappa shape index (κ2) is 7.23. The number of aryl methyl sites for hydroxylation is 1. The molecule has 1 aliphatic rings. The molecule has 0 bridgehead atoms. The van der Waals surface area contributed by atoms with Crippen molar-refractivity contribution in [3.63, 3.8) is 0 Å². The third kappa shape index (κ3) is 3.39. The Bertz CT molecular complexity index is 725. The molecule has 1 aliphatic heterocycles. The molecule has 6 nitrogen and oxygen atoms in total. The van der Waals surface area contributed by atoms with E-state index in [1.165, 1.54) is 0 Å². The molecule has 0 saturated carbocycles. The molecule has 130 valence electrons. The van der Waals surface area contributed by atoms with Gasteiger partial charge < -0.3 is 19.2 Å². The van der Waals surface area contributed by atoms with Gasteiger partial charge in [-0.3, -0.25) is 9.69 Å². The zero-order valence-corrected chi connectivity index (χ0v) is 14.4. The van der Waals surface area contributed by atoms with Crippen LogP contribution in [0, 0.1) is 6.92 Å². The van der Waals surface area contributed by atoms with Crippen LogP contribution in [-0.2, 0) is 4.74 Å². The van der Waals surface area contributed by atoms with Crippen molar-refractivity contribution in [2.45, 2.75) is 19.9 Å². The summed E-state index contributed by atoms with van der Waals surface area (Å²) in [4.78, 5) is 14.9. The van der Waals surface area contributed by atoms with Gasteiger partial charge in [-0.05, 0) is 32.0 Å². The van der Waals surface area contributed by atoms with E-state index >= 15 is 0 Å². The van der Waals surface area contributed by atoms with Crippen molar-refractivity contribution in [2.75, 3.05) is 40.0 Å². The monoisotopic (exact) mass is 332 g/mol. The van der Waals surface area contributed by atoms with E-state index in [0.717, 1.165) is 31.7 Å². The summed E-state index contributed by atoms with van der Waals surface area (Å²) in [6, 6.07) is 5.88. The minimum atomic E-state index is -0.111. The predicted molar refractivity (Wildman–Crippen MR) is 91.7 cm³/mol. The van der Waals surface area contributed by atoms with Crippen molar-refractivity contribution in [3.8, 4) is 5.75 Å². The third-order valence-electron chi connectivity index (χ3n) is 4.49. The highest BCUT2D eigenvalue weighted by molar-refractivity contribution is 6.07. The number of amides is 1. The summed E-state index contributed by atoms with van der Waals surface area (Å²) in [5, 5.41) is 3.78. The lowest BCUT2D eigenvalue weighted by Crippen LogP contribution is -2.46. The smallest absolute Gasteiger partial charge is 0.255 e. The summed E-state index contributed by atoms with van der Waals surface area (Å²) in [5.41, 5.74) is 1.28. The molecule has 2 aromatic rings. The molecule has 0 unspecified atom stereocenters. The highest BCUT2D eigenvalue weighted by Crippen LogP contribution is 2.28. The highest BCUT2D eigenvalue weighted by Gasteiger charge is 2.21. The molecule has 1 aromatic heterocycles. The van der Waals surface area contributed by atoms with E-state index in [1.807, 2.05) is 25.1 Å². The van der Waals surface area contributed by atoms with Gasteiger partial charge in [0.25, 0.3) is 5.91 Å². The maximum absolute atomic E-state index is 12.6. The van der Waals surface area contributed by atoms with Crippen LogP contribution < -0.4 is 10.1 Å². The molecular formula is C18H24N2O4. The Labute approximate surface area is 141 Å². The quantitative estimate of drug-likeness (QED) is 0.909. The molecule has 0 spiro atoms. The lowest BCUT2D eigenvalue weighted by atomic mass is 10.1. The van der Waals surface area contributed by atoms with Crippen LogP contribution in [0.4, 0.5) is 0 Å². The van der Waals surface area contributed by atoms with Gasteiger partial charge in [0, 0.05) is 31.1 Å². The molecule has 1 N–H and O–H groups in total. The Balaban J connectivity index is 1.68. The van der Waals surface area contributed by atoms with Gasteiger partial charge in [0.2, 0.25) is 0 Å². The van der Waals surface area contributed by atoms with Gasteiger partial charge >= 0.3 is 0 Å². The maximum Gasteiger partial charge on any atom is 0.255 e. The summed E-state index contributed by atoms with van der Waals surface area (Å²) >= 11 is 0. The van der Waals surface area contributed by atoms with Crippen LogP contribution in [0.3, 0.4) is 0 Å². The van der Waals surface area contributed by atoms with E-state index in [9.17, 15) is 4.79 Å². The minimum absolute atomic E-state index is 0.111. The summed E-state index contributed by atoms with van der Waals surface area (Å²) in [6.45, 7) is 7.77. The van der Waals surface area contributed by atoms with Crippen molar-refractivity contribution in [3.05, 3.63) is 29.5 Å². The van der Waals surface area contributed by atoms with Crippen LogP contribution >= 0.6 is 0 Å². The van der Waals surface area contributed by atoms with E-state index in [-0.39, 0.29) is 5.91 Å². The van der Waals surface area contributed by atoms with Gasteiger partial charge in [0.05, 0.1) is 25.9 Å². The fraction of sp³-hybridized carbons (Fsp3) is 0.500. The fourth-order valence-electron chi connectivity index (χ4n) is 3.10. The predicted octanol–water partition coefficient (Wildman–Crippen LogP) is 2.20. The number of furan rings is 1. The number of benzene rings is 1. The van der Waals surface area contributed by atoms with Crippen LogP contribution in [0.2, 0.25) is 0 Å². The van der Waals surface area contributed by atoms with Gasteiger partial charge in [0.1, 0.15) is 17.1 Å². The molecular weight excluding hydrogens is 308 g/mol. The lowest BCUT2D eigenvalue weighted by molar-refractivity contribution is 0.000541. The van der Waals surface area contributed by atoms with Gasteiger partial charge in [-0.2, -0.15) is 0 Å². The number of methoxy groups -OCH3 is 1. The minimum Gasteiger partial charge on any atom is -0.497 e. The average molecular weight is 332 g/mol. The molecule has 1 fully saturated rings. The number of fused-ring (bicyclic) bond motifs is 1. The standard InChI is InChI=1S/C18H24N2O4/c1-12-11-23-9-8-20(12)7-6-19-18(21)17-13(2)24-16-5-4-14(22-3)10-15(16)17/h4-5,10,12H,6-9,11H2,1-3H3,(H,19,21)/t12-/m1/s1. The number of carbonyl (C=O) groups is 1. The molecule has 6 heteroatoms. The van der Waals surface area contributed by atoms with Gasteiger partial charge in [0.15, 0.2) is 0 Å². The molecule has 1 atom stereocenters. The first-order valence-electron chi connectivity index (χ1n) is 8.27. The first kappa shape index (κ1) is 16.8. The van der Waals surface area contributed by atoms with Crippen molar-refractivity contribution < 1.29 is 18.7 Å². The van der Waals surface area contributed by atoms with Crippen molar-refractivity contribution in [1.82, 2.24) is 10.2 Å². The van der Waals surface area contributed by atoms with Gasteiger partial charge in [-0.25, -0.2) is 0 Å². The lowest BCUT2D eigenvalue weighted by Gasteiger charge is -2.33. The van der Waals surface area contributed by atoms with Crippen LogP contribution in [-0.4, -0.2) is 56.8 Å². The van der Waals surface area contributed by atoms with E-state index < -0.39 is 0 Å². The second-order valence-electron chi connectivity index (χ2n) is 6.11.